The Bertz CT molecular complexity index is 1190. The SMILES string of the molecule is CCCCCCCCCCCCC/C=C/C(O)C(COC1OC(CO)C(O)C(OS(=O)(=O)O)C1O)NC(=O)CCCCCCCCCCCCCCCCCCCCCCCCCC. The molecule has 0 radical (unpaired) electrons. The Morgan fingerprint density at radius 2 is 0.984 bits per heavy atom. The minimum Gasteiger partial charge on any atom is -0.394 e. The van der Waals surface area contributed by atoms with Gasteiger partial charge in [0.2, 0.25) is 5.91 Å². The second kappa shape index (κ2) is 42.0. The molecule has 1 saturated heterocycles. The Morgan fingerprint density at radius 1 is 0.609 bits per heavy atom. The summed E-state index contributed by atoms with van der Waals surface area (Å²) in [5.41, 5.74) is 0. The minimum atomic E-state index is -5.08. The summed E-state index contributed by atoms with van der Waals surface area (Å²) in [6.45, 7) is 3.41. The van der Waals surface area contributed by atoms with Crippen LogP contribution in [-0.2, 0) is 28.9 Å². The van der Waals surface area contributed by atoms with E-state index in [1.807, 2.05) is 6.08 Å². The van der Waals surface area contributed by atoms with E-state index in [4.69, 9.17) is 9.47 Å². The maximum Gasteiger partial charge on any atom is 0.397 e. The maximum atomic E-state index is 13.1. The van der Waals surface area contributed by atoms with Crippen LogP contribution in [0.5, 0.6) is 0 Å². The highest BCUT2D eigenvalue weighted by Crippen LogP contribution is 2.26. The fraction of sp³-hybridized carbons (Fsp3) is 0.941. The summed E-state index contributed by atoms with van der Waals surface area (Å²) in [7, 11) is -5.08. The van der Waals surface area contributed by atoms with Crippen molar-refractivity contribution in [2.24, 2.45) is 0 Å². The molecule has 64 heavy (non-hydrogen) atoms. The molecule has 1 aliphatic heterocycles. The second-order valence-electron chi connectivity index (χ2n) is 18.8. The lowest BCUT2D eigenvalue weighted by atomic mass is 9.99. The first-order chi connectivity index (χ1) is 31.0. The van der Waals surface area contributed by atoms with Gasteiger partial charge in [0.25, 0.3) is 0 Å². The van der Waals surface area contributed by atoms with Crippen LogP contribution < -0.4 is 5.32 Å². The van der Waals surface area contributed by atoms with Gasteiger partial charge >= 0.3 is 10.4 Å². The highest BCUT2D eigenvalue weighted by Gasteiger charge is 2.48. The number of hydrogen-bond donors (Lipinski definition) is 6. The Morgan fingerprint density at radius 3 is 1.36 bits per heavy atom. The maximum absolute atomic E-state index is 13.1. The lowest BCUT2D eigenvalue weighted by Crippen LogP contribution is -2.61. The standard InChI is InChI=1S/C51H99NO11S/c1-3-5-7-9-11-13-15-17-18-19-20-21-22-23-24-25-26-27-29-31-33-35-37-39-41-47(55)52-44(45(54)40-38-36-34-32-30-28-16-14-12-10-8-6-4-2)43-61-51-49(57)50(63-64(58,59)60)48(56)46(42-53)62-51/h38,40,44-46,48-51,53-54,56-57H,3-37,39,41-43H2,1-2H3,(H,52,55)(H,58,59,60)/b40-38+. The quantitative estimate of drug-likeness (QED) is 0.0193. The van der Waals surface area contributed by atoms with Crippen molar-refractivity contribution in [2.75, 3.05) is 13.2 Å². The third-order valence-electron chi connectivity index (χ3n) is 12.8. The Hall–Kier alpha value is -1.16. The van der Waals surface area contributed by atoms with Gasteiger partial charge < -0.3 is 35.2 Å². The average molecular weight is 934 g/mol. The fourth-order valence-electron chi connectivity index (χ4n) is 8.69. The van der Waals surface area contributed by atoms with Gasteiger partial charge in [-0.25, -0.2) is 4.18 Å². The van der Waals surface area contributed by atoms with E-state index in [0.717, 1.165) is 38.5 Å². The zero-order valence-corrected chi connectivity index (χ0v) is 41.7. The van der Waals surface area contributed by atoms with Crippen molar-refractivity contribution in [1.29, 1.82) is 0 Å². The molecular formula is C51H99NO11S. The summed E-state index contributed by atoms with van der Waals surface area (Å²) in [4.78, 5) is 13.1. The number of nitrogens with one attached hydrogen (secondary N) is 1. The minimum absolute atomic E-state index is 0.258. The molecule has 1 heterocycles. The number of carbonyl (C=O) groups is 1. The van der Waals surface area contributed by atoms with E-state index in [9.17, 15) is 38.2 Å². The van der Waals surface area contributed by atoms with E-state index < -0.39 is 59.9 Å². The summed E-state index contributed by atoms with van der Waals surface area (Å²) >= 11 is 0. The van der Waals surface area contributed by atoms with Gasteiger partial charge in [-0.1, -0.05) is 238 Å². The number of ether oxygens (including phenoxy) is 2. The Labute approximate surface area is 391 Å². The molecule has 0 aromatic carbocycles. The second-order valence-corrected chi connectivity index (χ2v) is 19.9. The number of allylic oxidation sites excluding steroid dienone is 1. The molecule has 6 N–H and O–H groups in total. The summed E-state index contributed by atoms with van der Waals surface area (Å²) < 4.78 is 47.7. The van der Waals surface area contributed by atoms with Crippen LogP contribution in [0, 0.1) is 0 Å². The van der Waals surface area contributed by atoms with Gasteiger partial charge in [0.1, 0.15) is 24.4 Å². The summed E-state index contributed by atoms with van der Waals surface area (Å²) in [6, 6.07) is -0.938. The van der Waals surface area contributed by atoms with Crippen LogP contribution in [0.1, 0.15) is 251 Å². The number of amides is 1. The van der Waals surface area contributed by atoms with Crippen molar-refractivity contribution in [3.63, 3.8) is 0 Å². The van der Waals surface area contributed by atoms with Gasteiger partial charge in [-0.2, -0.15) is 8.42 Å². The lowest BCUT2D eigenvalue weighted by Gasteiger charge is -2.41. The van der Waals surface area contributed by atoms with Crippen LogP contribution in [0.4, 0.5) is 0 Å². The molecule has 0 aromatic rings. The first-order valence-electron chi connectivity index (χ1n) is 26.6. The van der Waals surface area contributed by atoms with Gasteiger partial charge in [-0.15, -0.1) is 0 Å². The van der Waals surface area contributed by atoms with Gasteiger partial charge in [0.15, 0.2) is 6.29 Å². The van der Waals surface area contributed by atoms with Gasteiger partial charge in [0, 0.05) is 6.42 Å². The molecule has 0 aliphatic carbocycles. The van der Waals surface area contributed by atoms with Crippen molar-refractivity contribution in [3.05, 3.63) is 12.2 Å². The van der Waals surface area contributed by atoms with E-state index in [0.29, 0.717) is 6.42 Å². The Kier molecular flexibility index (Phi) is 39.9. The normalized spacial score (nSPS) is 20.3. The third-order valence-corrected chi connectivity index (χ3v) is 13.3. The highest BCUT2D eigenvalue weighted by atomic mass is 32.3. The molecule has 0 bridgehead atoms. The molecule has 1 fully saturated rings. The highest BCUT2D eigenvalue weighted by molar-refractivity contribution is 7.80. The van der Waals surface area contributed by atoms with Crippen LogP contribution in [0.15, 0.2) is 12.2 Å². The number of carbonyl (C=O) groups excluding carboxylic acids is 1. The molecule has 7 unspecified atom stereocenters. The molecule has 7 atom stereocenters. The lowest BCUT2D eigenvalue weighted by molar-refractivity contribution is -0.298. The third kappa shape index (κ3) is 34.2. The molecule has 12 nitrogen and oxygen atoms in total. The molecule has 1 aliphatic rings. The first kappa shape index (κ1) is 60.9. The van der Waals surface area contributed by atoms with Crippen molar-refractivity contribution < 1.29 is 51.8 Å². The smallest absolute Gasteiger partial charge is 0.394 e. The zero-order chi connectivity index (χ0) is 46.9. The van der Waals surface area contributed by atoms with E-state index in [2.05, 4.69) is 23.3 Å². The first-order valence-corrected chi connectivity index (χ1v) is 27.9. The molecule has 1 amide bonds. The van der Waals surface area contributed by atoms with E-state index >= 15 is 0 Å². The number of rotatable bonds is 46. The molecule has 1 rings (SSSR count). The summed E-state index contributed by atoms with van der Waals surface area (Å²) in [5.74, 6) is -0.258. The summed E-state index contributed by atoms with van der Waals surface area (Å²) in [5, 5.41) is 44.8. The molecule has 13 heteroatoms. The monoisotopic (exact) mass is 934 g/mol. The molecule has 0 spiro atoms. The fourth-order valence-corrected chi connectivity index (χ4v) is 9.20. The predicted octanol–water partition coefficient (Wildman–Crippen LogP) is 11.5. The average Bonchev–Trinajstić information content (AvgIpc) is 3.27. The number of aliphatic hydroxyl groups is 4. The summed E-state index contributed by atoms with van der Waals surface area (Å²) in [6.07, 6.45) is 39.7. The largest absolute Gasteiger partial charge is 0.397 e. The van der Waals surface area contributed by atoms with E-state index in [-0.39, 0.29) is 18.9 Å². The van der Waals surface area contributed by atoms with Gasteiger partial charge in [-0.05, 0) is 19.3 Å². The predicted molar refractivity (Wildman–Crippen MR) is 259 cm³/mol. The van der Waals surface area contributed by atoms with Crippen LogP contribution in [-0.4, -0.2) is 95.4 Å². The van der Waals surface area contributed by atoms with Crippen LogP contribution in [0.3, 0.4) is 0 Å². The molecule has 0 aromatic heterocycles. The number of unbranched alkanes of at least 4 members (excludes halogenated alkanes) is 34. The van der Waals surface area contributed by atoms with E-state index in [1.165, 1.54) is 186 Å². The van der Waals surface area contributed by atoms with Gasteiger partial charge in [0.05, 0.1) is 25.4 Å². The molecule has 0 saturated carbocycles. The van der Waals surface area contributed by atoms with Crippen molar-refractivity contribution in [2.45, 2.75) is 294 Å². The van der Waals surface area contributed by atoms with Gasteiger partial charge in [-0.3, -0.25) is 9.35 Å². The Balaban J connectivity index is 2.36. The van der Waals surface area contributed by atoms with E-state index in [1.54, 1.807) is 6.08 Å². The van der Waals surface area contributed by atoms with Crippen molar-refractivity contribution in [1.82, 2.24) is 5.32 Å². The van der Waals surface area contributed by atoms with Crippen LogP contribution in [0.2, 0.25) is 0 Å². The van der Waals surface area contributed by atoms with Crippen molar-refractivity contribution >= 4 is 16.3 Å². The topological polar surface area (TPSA) is 192 Å². The van der Waals surface area contributed by atoms with Crippen LogP contribution in [0.25, 0.3) is 0 Å². The molecular weight excluding hydrogens is 835 g/mol. The zero-order valence-electron chi connectivity index (χ0n) is 40.9. The molecule has 380 valence electrons. The number of hydrogen-bond acceptors (Lipinski definition) is 10. The van der Waals surface area contributed by atoms with Crippen molar-refractivity contribution in [3.8, 4) is 0 Å². The number of aliphatic hydroxyl groups excluding tert-OH is 4. The van der Waals surface area contributed by atoms with Crippen LogP contribution >= 0.6 is 0 Å².